The predicted octanol–water partition coefficient (Wildman–Crippen LogP) is 2.74. The number of benzene rings is 1. The second-order valence-electron chi connectivity index (χ2n) is 4.31. The second-order valence-corrected chi connectivity index (χ2v) is 4.31. The highest BCUT2D eigenvalue weighted by molar-refractivity contribution is 5.36. The molecule has 0 saturated heterocycles. The number of methoxy groups -OCH3 is 1. The third kappa shape index (κ3) is 4.46. The van der Waals surface area contributed by atoms with E-state index in [4.69, 9.17) is 10.00 Å². The highest BCUT2D eigenvalue weighted by Gasteiger charge is 2.06. The number of aryl methyl sites for hydroxylation is 1. The Bertz CT molecular complexity index is 396. The van der Waals surface area contributed by atoms with Crippen molar-refractivity contribution in [2.75, 3.05) is 20.7 Å². The van der Waals surface area contributed by atoms with Gasteiger partial charge in [-0.2, -0.15) is 5.26 Å². The van der Waals surface area contributed by atoms with Crippen molar-refractivity contribution in [3.8, 4) is 11.8 Å². The van der Waals surface area contributed by atoms with Gasteiger partial charge in [-0.15, -0.1) is 0 Å². The Labute approximate surface area is 104 Å². The zero-order chi connectivity index (χ0) is 12.7. The molecule has 0 unspecified atom stereocenters. The van der Waals surface area contributed by atoms with Crippen LogP contribution in [0.1, 0.15) is 24.0 Å². The van der Waals surface area contributed by atoms with E-state index < -0.39 is 0 Å². The minimum Gasteiger partial charge on any atom is -0.496 e. The Morgan fingerprint density at radius 1 is 1.41 bits per heavy atom. The highest BCUT2D eigenvalue weighted by atomic mass is 16.5. The Hall–Kier alpha value is -1.53. The van der Waals surface area contributed by atoms with Crippen LogP contribution in [0.25, 0.3) is 0 Å². The fourth-order valence-corrected chi connectivity index (χ4v) is 1.83. The van der Waals surface area contributed by atoms with Crippen LogP contribution in [-0.4, -0.2) is 25.6 Å². The van der Waals surface area contributed by atoms with E-state index in [2.05, 4.69) is 37.1 Å². The maximum Gasteiger partial charge on any atom is 0.123 e. The highest BCUT2D eigenvalue weighted by Crippen LogP contribution is 2.20. The summed E-state index contributed by atoms with van der Waals surface area (Å²) in [4.78, 5) is 2.22. The Kier molecular flexibility index (Phi) is 5.51. The van der Waals surface area contributed by atoms with E-state index in [1.54, 1.807) is 7.11 Å². The van der Waals surface area contributed by atoms with Crippen molar-refractivity contribution in [2.24, 2.45) is 0 Å². The van der Waals surface area contributed by atoms with E-state index in [-0.39, 0.29) is 0 Å². The van der Waals surface area contributed by atoms with E-state index >= 15 is 0 Å². The number of ether oxygens (including phenoxy) is 1. The van der Waals surface area contributed by atoms with Crippen molar-refractivity contribution < 1.29 is 4.74 Å². The van der Waals surface area contributed by atoms with E-state index in [1.165, 1.54) is 11.1 Å². The number of nitriles is 1. The van der Waals surface area contributed by atoms with Crippen LogP contribution in [0.3, 0.4) is 0 Å². The molecule has 0 spiro atoms. The van der Waals surface area contributed by atoms with Crippen molar-refractivity contribution in [3.05, 3.63) is 29.3 Å². The summed E-state index contributed by atoms with van der Waals surface area (Å²) >= 11 is 0. The molecule has 0 aliphatic heterocycles. The molecule has 1 aromatic rings. The third-order valence-electron chi connectivity index (χ3n) is 2.70. The number of hydrogen-bond acceptors (Lipinski definition) is 3. The number of unbranched alkanes of at least 4 members (excludes halogenated alkanes) is 1. The summed E-state index contributed by atoms with van der Waals surface area (Å²) in [6.07, 6.45) is 1.54. The summed E-state index contributed by atoms with van der Waals surface area (Å²) in [5.41, 5.74) is 2.44. The molecule has 0 fully saturated rings. The van der Waals surface area contributed by atoms with Crippen LogP contribution >= 0.6 is 0 Å². The number of rotatable bonds is 6. The molecule has 0 saturated carbocycles. The summed E-state index contributed by atoms with van der Waals surface area (Å²) in [7, 11) is 3.77. The maximum absolute atomic E-state index is 8.50. The Morgan fingerprint density at radius 2 is 2.18 bits per heavy atom. The molecule has 3 heteroatoms. The molecule has 0 amide bonds. The lowest BCUT2D eigenvalue weighted by Crippen LogP contribution is -2.19. The zero-order valence-electron chi connectivity index (χ0n) is 10.9. The largest absolute Gasteiger partial charge is 0.496 e. The van der Waals surface area contributed by atoms with Gasteiger partial charge in [-0.05, 0) is 33.0 Å². The van der Waals surface area contributed by atoms with Crippen LogP contribution < -0.4 is 4.74 Å². The van der Waals surface area contributed by atoms with E-state index in [9.17, 15) is 0 Å². The Morgan fingerprint density at radius 3 is 2.82 bits per heavy atom. The normalized spacial score (nSPS) is 10.3. The summed E-state index contributed by atoms with van der Waals surface area (Å²) in [5, 5.41) is 8.50. The summed E-state index contributed by atoms with van der Waals surface area (Å²) < 4.78 is 5.35. The molecule has 92 valence electrons. The lowest BCUT2D eigenvalue weighted by atomic mass is 10.1. The van der Waals surface area contributed by atoms with Gasteiger partial charge in [0.2, 0.25) is 0 Å². The monoisotopic (exact) mass is 232 g/mol. The van der Waals surface area contributed by atoms with Gasteiger partial charge < -0.3 is 9.64 Å². The topological polar surface area (TPSA) is 36.3 Å². The number of hydrogen-bond donors (Lipinski definition) is 0. The van der Waals surface area contributed by atoms with E-state index in [0.717, 1.165) is 25.3 Å². The van der Waals surface area contributed by atoms with Crippen LogP contribution in [0.2, 0.25) is 0 Å². The fraction of sp³-hybridized carbons (Fsp3) is 0.500. The number of nitrogens with zero attached hydrogens (tertiary/aromatic N) is 2. The second kappa shape index (κ2) is 6.93. The average Bonchev–Trinajstić information content (AvgIpc) is 2.29. The van der Waals surface area contributed by atoms with Gasteiger partial charge in [0.1, 0.15) is 5.75 Å². The van der Waals surface area contributed by atoms with Crippen molar-refractivity contribution in [2.45, 2.75) is 26.3 Å². The molecule has 0 bridgehead atoms. The standard InChI is InChI=1S/C14H20N2O/c1-12-6-7-14(17-3)13(10-12)11-16(2)9-5-4-8-15/h6-7,10H,4-5,9,11H2,1-3H3. The first-order valence-electron chi connectivity index (χ1n) is 5.86. The van der Waals surface area contributed by atoms with Gasteiger partial charge >= 0.3 is 0 Å². The van der Waals surface area contributed by atoms with Gasteiger partial charge in [-0.3, -0.25) is 0 Å². The van der Waals surface area contributed by atoms with Gasteiger partial charge in [-0.25, -0.2) is 0 Å². The quantitative estimate of drug-likeness (QED) is 0.708. The van der Waals surface area contributed by atoms with E-state index in [0.29, 0.717) is 6.42 Å². The van der Waals surface area contributed by atoms with Crippen molar-refractivity contribution in [3.63, 3.8) is 0 Å². The van der Waals surface area contributed by atoms with Crippen LogP contribution in [0.5, 0.6) is 5.75 Å². The molecular weight excluding hydrogens is 212 g/mol. The van der Waals surface area contributed by atoms with Crippen molar-refractivity contribution >= 4 is 0 Å². The van der Waals surface area contributed by atoms with Gasteiger partial charge in [0.15, 0.2) is 0 Å². The fourth-order valence-electron chi connectivity index (χ4n) is 1.83. The van der Waals surface area contributed by atoms with Gasteiger partial charge in [0.05, 0.1) is 13.2 Å². The van der Waals surface area contributed by atoms with Crippen molar-refractivity contribution in [1.82, 2.24) is 4.90 Å². The minimum absolute atomic E-state index is 0.620. The molecule has 0 heterocycles. The Balaban J connectivity index is 2.60. The van der Waals surface area contributed by atoms with E-state index in [1.807, 2.05) is 6.07 Å². The lowest BCUT2D eigenvalue weighted by molar-refractivity contribution is 0.314. The van der Waals surface area contributed by atoms with Crippen LogP contribution in [0, 0.1) is 18.3 Å². The minimum atomic E-state index is 0.620. The molecule has 1 aromatic carbocycles. The summed E-state index contributed by atoms with van der Waals surface area (Å²) in [6, 6.07) is 8.38. The molecule has 0 atom stereocenters. The van der Waals surface area contributed by atoms with Gasteiger partial charge in [0, 0.05) is 18.5 Å². The first kappa shape index (κ1) is 13.5. The molecule has 0 radical (unpaired) electrons. The smallest absolute Gasteiger partial charge is 0.123 e. The molecule has 0 N–H and O–H groups in total. The first-order valence-corrected chi connectivity index (χ1v) is 5.86. The molecule has 0 aliphatic carbocycles. The van der Waals surface area contributed by atoms with Crippen LogP contribution in [0.4, 0.5) is 0 Å². The zero-order valence-corrected chi connectivity index (χ0v) is 10.9. The van der Waals surface area contributed by atoms with Crippen LogP contribution in [-0.2, 0) is 6.54 Å². The summed E-state index contributed by atoms with van der Waals surface area (Å²) in [6.45, 7) is 3.87. The summed E-state index contributed by atoms with van der Waals surface area (Å²) in [5.74, 6) is 0.933. The molecule has 0 aliphatic rings. The van der Waals surface area contributed by atoms with Gasteiger partial charge in [0.25, 0.3) is 0 Å². The van der Waals surface area contributed by atoms with Gasteiger partial charge in [-0.1, -0.05) is 17.7 Å². The molecule has 0 aromatic heterocycles. The van der Waals surface area contributed by atoms with Crippen molar-refractivity contribution in [1.29, 1.82) is 5.26 Å². The average molecular weight is 232 g/mol. The SMILES string of the molecule is COc1ccc(C)cc1CN(C)CCCC#N. The molecular formula is C14H20N2O. The third-order valence-corrected chi connectivity index (χ3v) is 2.70. The predicted molar refractivity (Wildman–Crippen MR) is 68.9 cm³/mol. The molecule has 1 rings (SSSR count). The molecule has 3 nitrogen and oxygen atoms in total. The molecule has 17 heavy (non-hydrogen) atoms. The lowest BCUT2D eigenvalue weighted by Gasteiger charge is -2.18. The first-order chi connectivity index (χ1) is 8.17. The van der Waals surface area contributed by atoms with Crippen LogP contribution in [0.15, 0.2) is 18.2 Å². The maximum atomic E-state index is 8.50.